The Labute approximate surface area is 269 Å². The third-order valence-electron chi connectivity index (χ3n) is 8.97. The molecule has 3 aliphatic rings. The van der Waals surface area contributed by atoms with Crippen LogP contribution in [0, 0.1) is 23.2 Å². The molecular formula is C33H34F2N8O4. The van der Waals surface area contributed by atoms with E-state index in [9.17, 15) is 33.2 Å². The number of amides is 4. The van der Waals surface area contributed by atoms with Gasteiger partial charge in [-0.15, -0.1) is 5.10 Å². The summed E-state index contributed by atoms with van der Waals surface area (Å²) in [7, 11) is 0. The smallest absolute Gasteiger partial charge is 0.268 e. The number of benzene rings is 2. The monoisotopic (exact) mass is 644 g/mol. The van der Waals surface area contributed by atoms with E-state index >= 15 is 0 Å². The second-order valence-electron chi connectivity index (χ2n) is 12.7. The molecule has 3 aliphatic heterocycles. The third-order valence-corrected chi connectivity index (χ3v) is 8.97. The Hall–Kier alpha value is -5.19. The Balaban J connectivity index is 1.09. The maximum atomic E-state index is 13.9. The number of nitriles is 1. The van der Waals surface area contributed by atoms with Crippen molar-refractivity contribution in [1.82, 2.24) is 30.1 Å². The van der Waals surface area contributed by atoms with E-state index in [1.807, 2.05) is 56.3 Å². The summed E-state index contributed by atoms with van der Waals surface area (Å²) in [4.78, 5) is 53.6. The molecule has 3 atom stereocenters. The summed E-state index contributed by atoms with van der Waals surface area (Å²) in [6.45, 7) is 3.89. The quantitative estimate of drug-likeness (QED) is 0.382. The molecule has 1 aromatic heterocycles. The van der Waals surface area contributed by atoms with Crippen molar-refractivity contribution in [2.24, 2.45) is 11.8 Å². The summed E-state index contributed by atoms with van der Waals surface area (Å²) in [6.07, 6.45) is 0.800. The molecule has 0 aliphatic carbocycles. The van der Waals surface area contributed by atoms with E-state index in [1.54, 1.807) is 21.8 Å². The van der Waals surface area contributed by atoms with Crippen molar-refractivity contribution in [2.75, 3.05) is 11.9 Å². The fourth-order valence-corrected chi connectivity index (χ4v) is 6.37. The lowest BCUT2D eigenvalue weighted by Crippen LogP contribution is -2.46. The average molecular weight is 645 g/mol. The highest BCUT2D eigenvalue weighted by Gasteiger charge is 2.50. The highest BCUT2D eigenvalue weighted by atomic mass is 19.3. The highest BCUT2D eigenvalue weighted by Crippen LogP contribution is 2.34. The minimum atomic E-state index is -3.16. The first-order valence-electron chi connectivity index (χ1n) is 15.5. The Morgan fingerprint density at radius 3 is 2.64 bits per heavy atom. The molecular weight excluding hydrogens is 610 g/mol. The minimum Gasteiger partial charge on any atom is -0.344 e. The number of rotatable bonds is 8. The molecule has 0 unspecified atom stereocenters. The van der Waals surface area contributed by atoms with Gasteiger partial charge >= 0.3 is 0 Å². The van der Waals surface area contributed by atoms with Crippen LogP contribution in [-0.4, -0.2) is 73.0 Å². The van der Waals surface area contributed by atoms with E-state index < -0.39 is 48.7 Å². The van der Waals surface area contributed by atoms with Crippen molar-refractivity contribution in [2.45, 2.75) is 70.8 Å². The fraction of sp³-hybridized carbons (Fsp3) is 0.424. The maximum Gasteiger partial charge on any atom is 0.268 e. The van der Waals surface area contributed by atoms with E-state index in [-0.39, 0.29) is 30.6 Å². The first-order valence-corrected chi connectivity index (χ1v) is 15.5. The maximum absolute atomic E-state index is 13.9. The number of nitrogens with one attached hydrogen (secondary N) is 2. The average Bonchev–Trinajstić information content (AvgIpc) is 3.83. The van der Waals surface area contributed by atoms with Crippen LogP contribution in [0.2, 0.25) is 0 Å². The Kier molecular flexibility index (Phi) is 8.48. The zero-order valence-electron chi connectivity index (χ0n) is 26.0. The molecule has 2 aromatic carbocycles. The number of hydrogen-bond donors (Lipinski definition) is 2. The number of carbonyl (C=O) groups is 4. The van der Waals surface area contributed by atoms with Gasteiger partial charge in [0, 0.05) is 49.0 Å². The van der Waals surface area contributed by atoms with Crippen LogP contribution in [-0.2, 0) is 38.8 Å². The number of carbonyl (C=O) groups excluding carboxylic acids is 4. The zero-order valence-corrected chi connectivity index (χ0v) is 26.0. The van der Waals surface area contributed by atoms with Crippen LogP contribution in [0.15, 0.2) is 48.7 Å². The van der Waals surface area contributed by atoms with Crippen molar-refractivity contribution in [3.8, 4) is 17.3 Å². The number of halogens is 2. The Bertz CT molecular complexity index is 1770. The lowest BCUT2D eigenvalue weighted by atomic mass is 9.99. The van der Waals surface area contributed by atoms with Crippen molar-refractivity contribution in [3.63, 3.8) is 0 Å². The summed E-state index contributed by atoms with van der Waals surface area (Å²) in [6, 6.07) is 12.7. The molecule has 0 bridgehead atoms. The van der Waals surface area contributed by atoms with Gasteiger partial charge in [0.15, 0.2) is 0 Å². The predicted molar refractivity (Wildman–Crippen MR) is 164 cm³/mol. The topological polar surface area (TPSA) is 153 Å². The van der Waals surface area contributed by atoms with Gasteiger partial charge < -0.3 is 20.4 Å². The van der Waals surface area contributed by atoms with Crippen LogP contribution < -0.4 is 10.6 Å². The molecule has 12 nitrogen and oxygen atoms in total. The molecule has 244 valence electrons. The normalized spacial score (nSPS) is 21.4. The number of hydrogen-bond acceptors (Lipinski definition) is 7. The Morgan fingerprint density at radius 2 is 1.91 bits per heavy atom. The molecule has 0 saturated carbocycles. The largest absolute Gasteiger partial charge is 0.344 e. The molecule has 6 rings (SSSR count). The standard InChI is InChI=1S/C33H34F2N8O4/c1-19(2)30(45)38-24-8-6-20(7-9-24)28-14-37-40-43(28)16-22-5-3-4-21-15-41(17-26(21)22)29(44)11-23-10-27(39-31(23)46)32(47)42-18-33(34,35)12-25(42)13-36/h3-9,14,19,23,25,27H,10-12,15-18H2,1-2H3,(H,38,45)(H,39,46)/t23-,25-,27-/m0/s1. The number of anilines is 1. The summed E-state index contributed by atoms with van der Waals surface area (Å²) in [5.74, 6) is -5.61. The second kappa shape index (κ2) is 12.5. The van der Waals surface area contributed by atoms with E-state index in [0.717, 1.165) is 32.8 Å². The van der Waals surface area contributed by atoms with E-state index in [1.165, 1.54) is 0 Å². The Morgan fingerprint density at radius 1 is 1.15 bits per heavy atom. The number of fused-ring (bicyclic) bond motifs is 1. The lowest BCUT2D eigenvalue weighted by Gasteiger charge is -2.22. The number of alkyl halides is 2. The molecule has 47 heavy (non-hydrogen) atoms. The predicted octanol–water partition coefficient (Wildman–Crippen LogP) is 3.08. The van der Waals surface area contributed by atoms with E-state index in [2.05, 4.69) is 20.9 Å². The minimum absolute atomic E-state index is 0.00415. The highest BCUT2D eigenvalue weighted by molar-refractivity contribution is 5.95. The molecule has 3 aromatic rings. The fourth-order valence-electron chi connectivity index (χ4n) is 6.37. The van der Waals surface area contributed by atoms with Crippen molar-refractivity contribution >= 4 is 29.3 Å². The summed E-state index contributed by atoms with van der Waals surface area (Å²) >= 11 is 0. The van der Waals surface area contributed by atoms with Gasteiger partial charge in [-0.3, -0.25) is 19.2 Å². The SMILES string of the molecule is CC(C)C(=O)Nc1ccc(-c2cnnn2Cc2cccc3c2CN(C(=O)C[C@@H]2C[C@@H](C(=O)N4CC(F)(F)C[C@H]4C#N)NC2=O)C3)cc1. The van der Waals surface area contributed by atoms with Gasteiger partial charge in [0.05, 0.1) is 31.0 Å². The van der Waals surface area contributed by atoms with Crippen LogP contribution in [0.5, 0.6) is 0 Å². The second-order valence-corrected chi connectivity index (χ2v) is 12.7. The molecule has 4 amide bonds. The van der Waals surface area contributed by atoms with Crippen LogP contribution in [0.3, 0.4) is 0 Å². The van der Waals surface area contributed by atoms with E-state index in [4.69, 9.17) is 0 Å². The number of nitrogens with zero attached hydrogens (tertiary/aromatic N) is 6. The van der Waals surface area contributed by atoms with Gasteiger partial charge in [-0.2, -0.15) is 5.26 Å². The molecule has 2 fully saturated rings. The number of likely N-dealkylation sites (tertiary alicyclic amines) is 1. The van der Waals surface area contributed by atoms with Crippen molar-refractivity contribution in [1.29, 1.82) is 5.26 Å². The van der Waals surface area contributed by atoms with Gasteiger partial charge in [-0.05, 0) is 35.2 Å². The van der Waals surface area contributed by atoms with Crippen LogP contribution in [0.25, 0.3) is 11.3 Å². The van der Waals surface area contributed by atoms with Gasteiger partial charge in [0.1, 0.15) is 12.1 Å². The van der Waals surface area contributed by atoms with Crippen LogP contribution in [0.4, 0.5) is 14.5 Å². The zero-order chi connectivity index (χ0) is 33.5. The first kappa shape index (κ1) is 31.8. The van der Waals surface area contributed by atoms with Gasteiger partial charge in [0.25, 0.3) is 5.92 Å². The summed E-state index contributed by atoms with van der Waals surface area (Å²) in [5, 5.41) is 23.1. The molecule has 4 heterocycles. The van der Waals surface area contributed by atoms with Crippen LogP contribution >= 0.6 is 0 Å². The van der Waals surface area contributed by atoms with Gasteiger partial charge in [-0.25, -0.2) is 13.5 Å². The molecule has 2 saturated heterocycles. The van der Waals surface area contributed by atoms with Crippen molar-refractivity contribution < 1.29 is 28.0 Å². The van der Waals surface area contributed by atoms with Gasteiger partial charge in [-0.1, -0.05) is 49.4 Å². The summed E-state index contributed by atoms with van der Waals surface area (Å²) in [5.41, 5.74) is 5.27. The molecule has 0 spiro atoms. The third kappa shape index (κ3) is 6.56. The summed E-state index contributed by atoms with van der Waals surface area (Å²) < 4.78 is 29.5. The molecule has 2 N–H and O–H groups in total. The van der Waals surface area contributed by atoms with E-state index in [0.29, 0.717) is 25.3 Å². The van der Waals surface area contributed by atoms with Crippen LogP contribution in [0.1, 0.15) is 49.8 Å². The number of aromatic nitrogens is 3. The lowest BCUT2D eigenvalue weighted by molar-refractivity contribution is -0.135. The van der Waals surface area contributed by atoms with Gasteiger partial charge in [0.2, 0.25) is 23.6 Å². The molecule has 0 radical (unpaired) electrons. The first-order chi connectivity index (χ1) is 22.4. The molecule has 14 heteroatoms. The van der Waals surface area contributed by atoms with Crippen molar-refractivity contribution in [3.05, 3.63) is 65.4 Å².